The van der Waals surface area contributed by atoms with Crippen LogP contribution >= 0.6 is 11.8 Å². The Morgan fingerprint density at radius 3 is 2.87 bits per heavy atom. The van der Waals surface area contributed by atoms with Crippen LogP contribution in [0.25, 0.3) is 16.7 Å². The highest BCUT2D eigenvalue weighted by molar-refractivity contribution is 7.98. The van der Waals surface area contributed by atoms with E-state index in [9.17, 15) is 4.79 Å². The van der Waals surface area contributed by atoms with Crippen LogP contribution in [0.3, 0.4) is 0 Å². The molecule has 0 aliphatic heterocycles. The zero-order valence-corrected chi connectivity index (χ0v) is 13.6. The fourth-order valence-corrected chi connectivity index (χ4v) is 3.16. The molecule has 2 heterocycles. The molecule has 0 radical (unpaired) electrons. The van der Waals surface area contributed by atoms with Crippen molar-refractivity contribution in [1.29, 1.82) is 0 Å². The molecule has 120 valence electrons. The minimum Gasteiger partial charge on any atom is -0.396 e. The summed E-state index contributed by atoms with van der Waals surface area (Å²) in [5.74, 6) is 2.26. The van der Waals surface area contributed by atoms with Crippen LogP contribution in [0, 0.1) is 5.92 Å². The lowest BCUT2D eigenvalue weighted by Gasteiger charge is -2.07. The number of rotatable bonds is 6. The van der Waals surface area contributed by atoms with E-state index in [0.717, 1.165) is 11.4 Å². The smallest absolute Gasteiger partial charge is 0.262 e. The number of nitrogens with zero attached hydrogens (tertiary/aromatic N) is 3. The summed E-state index contributed by atoms with van der Waals surface area (Å²) in [5.41, 5.74) is 1.25. The van der Waals surface area contributed by atoms with Crippen molar-refractivity contribution in [1.82, 2.24) is 19.7 Å². The van der Waals surface area contributed by atoms with Crippen LogP contribution in [0.4, 0.5) is 0 Å². The average molecular weight is 330 g/mol. The van der Waals surface area contributed by atoms with E-state index in [2.05, 4.69) is 15.1 Å². The molecule has 23 heavy (non-hydrogen) atoms. The number of hydrogen-bond acceptors (Lipinski definition) is 5. The lowest BCUT2D eigenvalue weighted by molar-refractivity contribution is 0.250. The SMILES string of the molecule is CC(CO)CSCc1nc2c(cnn2-c2ccccc2)c(=O)[nH]1. The Labute approximate surface area is 137 Å². The van der Waals surface area contributed by atoms with E-state index in [0.29, 0.717) is 22.6 Å². The van der Waals surface area contributed by atoms with Gasteiger partial charge in [-0.15, -0.1) is 0 Å². The Hall–Kier alpha value is -2.12. The molecule has 0 fully saturated rings. The number of benzene rings is 1. The van der Waals surface area contributed by atoms with Crippen molar-refractivity contribution in [2.24, 2.45) is 5.92 Å². The summed E-state index contributed by atoms with van der Waals surface area (Å²) in [6, 6.07) is 9.62. The summed E-state index contributed by atoms with van der Waals surface area (Å²) in [7, 11) is 0. The maximum absolute atomic E-state index is 12.2. The number of hydrogen-bond donors (Lipinski definition) is 2. The molecule has 1 atom stereocenters. The first-order chi connectivity index (χ1) is 11.2. The maximum atomic E-state index is 12.2. The first-order valence-corrected chi connectivity index (χ1v) is 8.55. The van der Waals surface area contributed by atoms with Gasteiger partial charge in [0.2, 0.25) is 0 Å². The fourth-order valence-electron chi connectivity index (χ4n) is 2.20. The average Bonchev–Trinajstić information content (AvgIpc) is 3.00. The molecule has 1 unspecified atom stereocenters. The van der Waals surface area contributed by atoms with Crippen molar-refractivity contribution >= 4 is 22.8 Å². The van der Waals surface area contributed by atoms with E-state index in [1.54, 1.807) is 22.6 Å². The Morgan fingerprint density at radius 1 is 1.35 bits per heavy atom. The molecule has 0 amide bonds. The molecule has 0 saturated carbocycles. The number of thioether (sulfide) groups is 1. The van der Waals surface area contributed by atoms with E-state index in [1.807, 2.05) is 37.3 Å². The van der Waals surface area contributed by atoms with Gasteiger partial charge in [-0.25, -0.2) is 9.67 Å². The highest BCUT2D eigenvalue weighted by Gasteiger charge is 2.11. The standard InChI is InChI=1S/C16H18N4O2S/c1-11(8-21)9-23-10-14-18-15-13(16(22)19-14)7-17-20(15)12-5-3-2-4-6-12/h2-7,11,21H,8-10H2,1H3,(H,18,19,22). The van der Waals surface area contributed by atoms with Gasteiger partial charge in [-0.2, -0.15) is 16.9 Å². The van der Waals surface area contributed by atoms with Gasteiger partial charge in [0.1, 0.15) is 11.2 Å². The molecular formula is C16H18N4O2S. The van der Waals surface area contributed by atoms with Gasteiger partial charge >= 0.3 is 0 Å². The van der Waals surface area contributed by atoms with Crippen LogP contribution in [0.1, 0.15) is 12.7 Å². The molecule has 0 aliphatic rings. The van der Waals surface area contributed by atoms with Gasteiger partial charge in [0, 0.05) is 6.61 Å². The lowest BCUT2D eigenvalue weighted by Crippen LogP contribution is -2.12. The monoisotopic (exact) mass is 330 g/mol. The Balaban J connectivity index is 1.92. The largest absolute Gasteiger partial charge is 0.396 e. The first kappa shape index (κ1) is 15.8. The van der Waals surface area contributed by atoms with Crippen molar-refractivity contribution in [3.8, 4) is 5.69 Å². The summed E-state index contributed by atoms with van der Waals surface area (Å²) in [6.07, 6.45) is 1.54. The van der Waals surface area contributed by atoms with Gasteiger partial charge in [-0.3, -0.25) is 4.79 Å². The number of aliphatic hydroxyl groups excluding tert-OH is 1. The van der Waals surface area contributed by atoms with E-state index < -0.39 is 0 Å². The highest BCUT2D eigenvalue weighted by Crippen LogP contribution is 2.16. The topological polar surface area (TPSA) is 83.8 Å². The second-order valence-electron chi connectivity index (χ2n) is 5.44. The van der Waals surface area contributed by atoms with Crippen LogP contribution in [-0.2, 0) is 5.75 Å². The zero-order chi connectivity index (χ0) is 16.2. The number of aromatic amines is 1. The number of para-hydroxylation sites is 1. The molecule has 0 saturated heterocycles. The van der Waals surface area contributed by atoms with E-state index >= 15 is 0 Å². The van der Waals surface area contributed by atoms with Gasteiger partial charge in [0.25, 0.3) is 5.56 Å². The molecule has 7 heteroatoms. The van der Waals surface area contributed by atoms with Gasteiger partial charge < -0.3 is 10.1 Å². The van der Waals surface area contributed by atoms with Gasteiger partial charge in [-0.05, 0) is 23.8 Å². The van der Waals surface area contributed by atoms with Gasteiger partial charge in [0.05, 0.1) is 17.6 Å². The second-order valence-corrected chi connectivity index (χ2v) is 6.47. The van der Waals surface area contributed by atoms with Crippen molar-refractivity contribution in [3.63, 3.8) is 0 Å². The first-order valence-electron chi connectivity index (χ1n) is 7.40. The van der Waals surface area contributed by atoms with E-state index in [4.69, 9.17) is 5.11 Å². The van der Waals surface area contributed by atoms with Crippen molar-refractivity contribution in [3.05, 3.63) is 52.7 Å². The molecule has 3 rings (SSSR count). The molecule has 0 spiro atoms. The minimum atomic E-state index is -0.178. The molecule has 6 nitrogen and oxygen atoms in total. The van der Waals surface area contributed by atoms with Crippen LogP contribution in [0.2, 0.25) is 0 Å². The quantitative estimate of drug-likeness (QED) is 0.722. The van der Waals surface area contributed by atoms with Crippen LogP contribution in [0.15, 0.2) is 41.3 Å². The van der Waals surface area contributed by atoms with Gasteiger partial charge in [0.15, 0.2) is 5.65 Å². The van der Waals surface area contributed by atoms with Crippen LogP contribution in [0.5, 0.6) is 0 Å². The van der Waals surface area contributed by atoms with Crippen LogP contribution < -0.4 is 5.56 Å². The number of nitrogens with one attached hydrogen (secondary N) is 1. The molecule has 0 bridgehead atoms. The third-order valence-electron chi connectivity index (χ3n) is 3.44. The summed E-state index contributed by atoms with van der Waals surface area (Å²) < 4.78 is 1.68. The molecule has 1 aromatic carbocycles. The Bertz CT molecular complexity index is 844. The normalized spacial score (nSPS) is 12.6. The molecule has 2 N–H and O–H groups in total. The van der Waals surface area contributed by atoms with Crippen molar-refractivity contribution in [2.75, 3.05) is 12.4 Å². The number of H-pyrrole nitrogens is 1. The molecular weight excluding hydrogens is 312 g/mol. The fraction of sp³-hybridized carbons (Fsp3) is 0.312. The van der Waals surface area contributed by atoms with Crippen LogP contribution in [-0.4, -0.2) is 37.2 Å². The number of fused-ring (bicyclic) bond motifs is 1. The summed E-state index contributed by atoms with van der Waals surface area (Å²) in [6.45, 7) is 2.15. The van der Waals surface area contributed by atoms with Crippen molar-refractivity contribution in [2.45, 2.75) is 12.7 Å². The number of aromatic nitrogens is 4. The third kappa shape index (κ3) is 3.46. The molecule has 2 aromatic heterocycles. The molecule has 3 aromatic rings. The lowest BCUT2D eigenvalue weighted by atomic mass is 10.2. The van der Waals surface area contributed by atoms with E-state index in [1.165, 1.54) is 0 Å². The summed E-state index contributed by atoms with van der Waals surface area (Å²) in [4.78, 5) is 19.6. The van der Waals surface area contributed by atoms with Gasteiger partial charge in [-0.1, -0.05) is 25.1 Å². The molecule has 0 aliphatic carbocycles. The van der Waals surface area contributed by atoms with Crippen molar-refractivity contribution < 1.29 is 5.11 Å². The third-order valence-corrected chi connectivity index (χ3v) is 4.72. The minimum absolute atomic E-state index is 0.163. The number of aliphatic hydroxyl groups is 1. The van der Waals surface area contributed by atoms with E-state index in [-0.39, 0.29) is 18.1 Å². The highest BCUT2D eigenvalue weighted by atomic mass is 32.2. The summed E-state index contributed by atoms with van der Waals surface area (Å²) in [5, 5.41) is 13.8. The second kappa shape index (κ2) is 6.97. The Kier molecular flexibility index (Phi) is 4.78. The Morgan fingerprint density at radius 2 is 2.13 bits per heavy atom. The summed E-state index contributed by atoms with van der Waals surface area (Å²) >= 11 is 1.64. The predicted octanol–water partition coefficient (Wildman–Crippen LogP) is 1.97. The maximum Gasteiger partial charge on any atom is 0.262 e. The predicted molar refractivity (Wildman–Crippen MR) is 91.9 cm³/mol. The zero-order valence-electron chi connectivity index (χ0n) is 12.8.